The number of hydrogen-bond donors (Lipinski definition) is 1. The van der Waals surface area contributed by atoms with Crippen LogP contribution in [0.25, 0.3) is 0 Å². The van der Waals surface area contributed by atoms with E-state index >= 15 is 0 Å². The van der Waals surface area contributed by atoms with Crippen molar-refractivity contribution in [1.82, 2.24) is 4.98 Å². The number of anilines is 1. The van der Waals surface area contributed by atoms with Crippen LogP contribution >= 0.6 is 11.6 Å². The average Bonchev–Trinajstić information content (AvgIpc) is 2.33. The Morgan fingerprint density at radius 2 is 1.94 bits per heavy atom. The Labute approximate surface area is 104 Å². The SMILES string of the molecule is Cc1ccc(C(=O)c2ccc(Cl)c(N)c2)cn1. The van der Waals surface area contributed by atoms with Gasteiger partial charge in [0.2, 0.25) is 0 Å². The van der Waals surface area contributed by atoms with Gasteiger partial charge in [-0.15, -0.1) is 0 Å². The van der Waals surface area contributed by atoms with Crippen LogP contribution in [-0.4, -0.2) is 10.8 Å². The molecule has 1 aromatic heterocycles. The van der Waals surface area contributed by atoms with Gasteiger partial charge in [-0.05, 0) is 37.3 Å². The number of hydrogen-bond acceptors (Lipinski definition) is 3. The molecule has 0 aliphatic carbocycles. The van der Waals surface area contributed by atoms with Gasteiger partial charge in [0.1, 0.15) is 0 Å². The molecular formula is C13H11ClN2O. The van der Waals surface area contributed by atoms with Crippen LogP contribution in [0.15, 0.2) is 36.5 Å². The van der Waals surface area contributed by atoms with Crippen molar-refractivity contribution in [2.45, 2.75) is 6.92 Å². The van der Waals surface area contributed by atoms with Gasteiger partial charge in [0.15, 0.2) is 5.78 Å². The van der Waals surface area contributed by atoms with E-state index in [4.69, 9.17) is 17.3 Å². The van der Waals surface area contributed by atoms with Crippen LogP contribution in [0.2, 0.25) is 5.02 Å². The molecule has 0 spiro atoms. The summed E-state index contributed by atoms with van der Waals surface area (Å²) in [5, 5.41) is 0.448. The summed E-state index contributed by atoms with van der Waals surface area (Å²) in [5.41, 5.74) is 7.98. The van der Waals surface area contributed by atoms with Crippen LogP contribution in [0.5, 0.6) is 0 Å². The van der Waals surface area contributed by atoms with Crippen LogP contribution in [0.3, 0.4) is 0 Å². The van der Waals surface area contributed by atoms with Crippen molar-refractivity contribution in [3.05, 3.63) is 58.4 Å². The van der Waals surface area contributed by atoms with Crippen LogP contribution in [0.1, 0.15) is 21.6 Å². The first-order chi connectivity index (χ1) is 8.08. The van der Waals surface area contributed by atoms with E-state index < -0.39 is 0 Å². The number of nitrogen functional groups attached to an aromatic ring is 1. The summed E-state index contributed by atoms with van der Waals surface area (Å²) in [5.74, 6) is -0.110. The molecule has 4 heteroatoms. The molecule has 0 fully saturated rings. The fourth-order valence-corrected chi connectivity index (χ4v) is 1.57. The molecule has 1 aromatic carbocycles. The molecule has 3 nitrogen and oxygen atoms in total. The first-order valence-electron chi connectivity index (χ1n) is 5.10. The Bertz CT molecular complexity index is 564. The third kappa shape index (κ3) is 2.45. The summed E-state index contributed by atoms with van der Waals surface area (Å²) >= 11 is 5.80. The van der Waals surface area contributed by atoms with Gasteiger partial charge in [0.25, 0.3) is 0 Å². The fraction of sp³-hybridized carbons (Fsp3) is 0.0769. The van der Waals surface area contributed by atoms with E-state index in [0.29, 0.717) is 21.8 Å². The van der Waals surface area contributed by atoms with Gasteiger partial charge in [-0.2, -0.15) is 0 Å². The number of nitrogens with two attached hydrogens (primary N) is 1. The number of benzene rings is 1. The monoisotopic (exact) mass is 246 g/mol. The number of nitrogens with zero attached hydrogens (tertiary/aromatic N) is 1. The Kier molecular flexibility index (Phi) is 3.11. The van der Waals surface area contributed by atoms with E-state index in [9.17, 15) is 4.79 Å². The van der Waals surface area contributed by atoms with Crippen LogP contribution in [0, 0.1) is 6.92 Å². The average molecular weight is 247 g/mol. The molecule has 0 bridgehead atoms. The summed E-state index contributed by atoms with van der Waals surface area (Å²) < 4.78 is 0. The zero-order chi connectivity index (χ0) is 12.4. The van der Waals surface area contributed by atoms with Crippen LogP contribution in [-0.2, 0) is 0 Å². The summed E-state index contributed by atoms with van der Waals surface area (Å²) in [4.78, 5) is 16.2. The standard InChI is InChI=1S/C13H11ClN2O/c1-8-2-3-10(7-16-8)13(17)9-4-5-11(14)12(15)6-9/h2-7H,15H2,1H3. The van der Waals surface area contributed by atoms with Gasteiger partial charge >= 0.3 is 0 Å². The molecule has 0 atom stereocenters. The molecule has 0 saturated carbocycles. The maximum absolute atomic E-state index is 12.1. The highest BCUT2D eigenvalue weighted by molar-refractivity contribution is 6.33. The summed E-state index contributed by atoms with van der Waals surface area (Å²) in [6.07, 6.45) is 1.56. The van der Waals surface area contributed by atoms with Crippen molar-refractivity contribution in [2.24, 2.45) is 0 Å². The highest BCUT2D eigenvalue weighted by atomic mass is 35.5. The zero-order valence-electron chi connectivity index (χ0n) is 9.27. The van der Waals surface area contributed by atoms with Crippen LogP contribution < -0.4 is 5.73 Å². The van der Waals surface area contributed by atoms with Gasteiger partial charge in [0.05, 0.1) is 10.7 Å². The van der Waals surface area contributed by atoms with E-state index in [-0.39, 0.29) is 5.78 Å². The number of halogens is 1. The predicted molar refractivity (Wildman–Crippen MR) is 68.3 cm³/mol. The second kappa shape index (κ2) is 4.55. The van der Waals surface area contributed by atoms with E-state index in [1.54, 1.807) is 36.5 Å². The van der Waals surface area contributed by atoms with E-state index in [2.05, 4.69) is 4.98 Å². The maximum atomic E-state index is 12.1. The van der Waals surface area contributed by atoms with Gasteiger partial charge in [-0.1, -0.05) is 11.6 Å². The second-order valence-corrected chi connectivity index (χ2v) is 4.16. The minimum Gasteiger partial charge on any atom is -0.398 e. The summed E-state index contributed by atoms with van der Waals surface area (Å²) in [7, 11) is 0. The number of ketones is 1. The maximum Gasteiger partial charge on any atom is 0.194 e. The normalized spacial score (nSPS) is 10.2. The molecule has 2 aromatic rings. The molecule has 0 aliphatic rings. The molecule has 0 radical (unpaired) electrons. The van der Waals surface area contributed by atoms with Gasteiger partial charge in [0, 0.05) is 23.0 Å². The Balaban J connectivity index is 2.37. The highest BCUT2D eigenvalue weighted by Crippen LogP contribution is 2.21. The number of aryl methyl sites for hydroxylation is 1. The summed E-state index contributed by atoms with van der Waals surface area (Å²) in [6.45, 7) is 1.87. The van der Waals surface area contributed by atoms with Crippen molar-refractivity contribution in [1.29, 1.82) is 0 Å². The number of rotatable bonds is 2. The molecule has 2 rings (SSSR count). The minimum absolute atomic E-state index is 0.110. The summed E-state index contributed by atoms with van der Waals surface area (Å²) in [6, 6.07) is 8.39. The van der Waals surface area contributed by atoms with E-state index in [1.165, 1.54) is 0 Å². The third-order valence-electron chi connectivity index (χ3n) is 2.43. The number of pyridine rings is 1. The molecule has 0 aliphatic heterocycles. The first-order valence-corrected chi connectivity index (χ1v) is 5.48. The molecule has 2 N–H and O–H groups in total. The van der Waals surface area contributed by atoms with Crippen molar-refractivity contribution in [3.8, 4) is 0 Å². The first kappa shape index (κ1) is 11.6. The lowest BCUT2D eigenvalue weighted by molar-refractivity contribution is 0.103. The second-order valence-electron chi connectivity index (χ2n) is 3.75. The molecule has 86 valence electrons. The Morgan fingerprint density at radius 3 is 2.53 bits per heavy atom. The molecule has 0 amide bonds. The number of aromatic nitrogens is 1. The third-order valence-corrected chi connectivity index (χ3v) is 2.78. The minimum atomic E-state index is -0.110. The lowest BCUT2D eigenvalue weighted by Crippen LogP contribution is -2.03. The van der Waals surface area contributed by atoms with E-state index in [0.717, 1.165) is 5.69 Å². The van der Waals surface area contributed by atoms with Crippen molar-refractivity contribution >= 4 is 23.1 Å². The van der Waals surface area contributed by atoms with Crippen LogP contribution in [0.4, 0.5) is 5.69 Å². The molecular weight excluding hydrogens is 236 g/mol. The highest BCUT2D eigenvalue weighted by Gasteiger charge is 2.10. The van der Waals surface area contributed by atoms with Gasteiger partial charge < -0.3 is 5.73 Å². The number of carbonyl (C=O) groups is 1. The lowest BCUT2D eigenvalue weighted by atomic mass is 10.0. The van der Waals surface area contributed by atoms with Gasteiger partial charge in [-0.25, -0.2) is 0 Å². The quantitative estimate of drug-likeness (QED) is 0.655. The molecule has 1 heterocycles. The lowest BCUT2D eigenvalue weighted by Gasteiger charge is -2.03. The topological polar surface area (TPSA) is 56.0 Å². The largest absolute Gasteiger partial charge is 0.398 e. The molecule has 0 unspecified atom stereocenters. The Morgan fingerprint density at radius 1 is 1.24 bits per heavy atom. The van der Waals surface area contributed by atoms with Crippen molar-refractivity contribution < 1.29 is 4.79 Å². The predicted octanol–water partition coefficient (Wildman–Crippen LogP) is 2.86. The van der Waals surface area contributed by atoms with E-state index in [1.807, 2.05) is 6.92 Å². The van der Waals surface area contributed by atoms with Crippen molar-refractivity contribution in [2.75, 3.05) is 5.73 Å². The van der Waals surface area contributed by atoms with Gasteiger partial charge in [-0.3, -0.25) is 9.78 Å². The fourth-order valence-electron chi connectivity index (χ4n) is 1.45. The molecule has 17 heavy (non-hydrogen) atoms. The molecule has 0 saturated heterocycles. The number of carbonyl (C=O) groups excluding carboxylic acids is 1. The zero-order valence-corrected chi connectivity index (χ0v) is 10.0. The smallest absolute Gasteiger partial charge is 0.194 e. The Hall–Kier alpha value is -1.87. The van der Waals surface area contributed by atoms with Crippen molar-refractivity contribution in [3.63, 3.8) is 0 Å².